The van der Waals surface area contributed by atoms with E-state index in [1.54, 1.807) is 45.4 Å². The number of aromatic nitrogens is 3. The Balaban J connectivity index is 1.77. The lowest BCUT2D eigenvalue weighted by Crippen LogP contribution is -2.06. The summed E-state index contributed by atoms with van der Waals surface area (Å²) in [6, 6.07) is 8.34. The van der Waals surface area contributed by atoms with Crippen molar-refractivity contribution in [2.75, 3.05) is 38.1 Å². The zero-order valence-electron chi connectivity index (χ0n) is 16.8. The molecule has 0 aliphatic carbocycles. The number of methoxy groups -OCH3 is 2. The monoisotopic (exact) mass is 415 g/mol. The van der Waals surface area contributed by atoms with Gasteiger partial charge in [0.1, 0.15) is 12.9 Å². The molecule has 0 aliphatic rings. The van der Waals surface area contributed by atoms with Gasteiger partial charge in [0.25, 0.3) is 0 Å². The van der Waals surface area contributed by atoms with Crippen LogP contribution in [0.2, 0.25) is 0 Å². The van der Waals surface area contributed by atoms with Crippen molar-refractivity contribution in [1.82, 2.24) is 15.0 Å². The second kappa shape index (κ2) is 9.70. The normalized spacial score (nSPS) is 10.5. The SMILES string of the molecule is COCCOc1cc(Nc2ncnc(Nc3ccc(C)c(O)c3F)n2)ccc1OC. The molecule has 0 atom stereocenters. The van der Waals surface area contributed by atoms with Crippen LogP contribution in [0, 0.1) is 12.7 Å². The van der Waals surface area contributed by atoms with E-state index >= 15 is 0 Å². The Morgan fingerprint density at radius 3 is 2.50 bits per heavy atom. The molecule has 1 heterocycles. The molecule has 3 N–H and O–H groups in total. The maximum Gasteiger partial charge on any atom is 0.232 e. The number of phenolic OH excluding ortho intramolecular Hbond substituents is 1. The van der Waals surface area contributed by atoms with Gasteiger partial charge in [-0.25, -0.2) is 14.4 Å². The van der Waals surface area contributed by atoms with Crippen molar-refractivity contribution in [3.63, 3.8) is 0 Å². The molecule has 2 aromatic carbocycles. The Morgan fingerprint density at radius 1 is 1.00 bits per heavy atom. The van der Waals surface area contributed by atoms with Crippen molar-refractivity contribution in [2.45, 2.75) is 6.92 Å². The maximum absolute atomic E-state index is 14.2. The Hall–Kier alpha value is -3.66. The van der Waals surface area contributed by atoms with Crippen molar-refractivity contribution in [3.8, 4) is 17.2 Å². The second-order valence-electron chi connectivity index (χ2n) is 6.18. The number of nitrogens with one attached hydrogen (secondary N) is 2. The first-order valence-corrected chi connectivity index (χ1v) is 9.02. The number of rotatable bonds is 9. The van der Waals surface area contributed by atoms with E-state index in [1.165, 1.54) is 12.4 Å². The molecule has 10 heteroatoms. The van der Waals surface area contributed by atoms with Gasteiger partial charge >= 0.3 is 0 Å². The number of benzene rings is 2. The first kappa shape index (κ1) is 21.1. The molecule has 9 nitrogen and oxygen atoms in total. The Kier molecular flexibility index (Phi) is 6.81. The van der Waals surface area contributed by atoms with Crippen LogP contribution in [0.25, 0.3) is 0 Å². The minimum absolute atomic E-state index is 0.0496. The zero-order chi connectivity index (χ0) is 21.5. The summed E-state index contributed by atoms with van der Waals surface area (Å²) >= 11 is 0. The summed E-state index contributed by atoms with van der Waals surface area (Å²) in [5, 5.41) is 15.5. The third kappa shape index (κ3) is 5.03. The molecule has 0 aliphatic heterocycles. The minimum atomic E-state index is -0.780. The summed E-state index contributed by atoms with van der Waals surface area (Å²) in [6.45, 7) is 2.41. The van der Waals surface area contributed by atoms with E-state index in [0.29, 0.717) is 36.0 Å². The summed E-state index contributed by atoms with van der Waals surface area (Å²) < 4.78 is 30.2. The third-order valence-corrected chi connectivity index (χ3v) is 4.10. The van der Waals surface area contributed by atoms with Crippen LogP contribution < -0.4 is 20.1 Å². The molecule has 0 amide bonds. The highest BCUT2D eigenvalue weighted by atomic mass is 19.1. The van der Waals surface area contributed by atoms with Crippen LogP contribution >= 0.6 is 0 Å². The van der Waals surface area contributed by atoms with Crippen molar-refractivity contribution < 1.29 is 23.7 Å². The number of anilines is 4. The van der Waals surface area contributed by atoms with Gasteiger partial charge in [-0.15, -0.1) is 0 Å². The van der Waals surface area contributed by atoms with Crippen molar-refractivity contribution in [1.29, 1.82) is 0 Å². The van der Waals surface area contributed by atoms with Gasteiger partial charge in [0.2, 0.25) is 11.9 Å². The van der Waals surface area contributed by atoms with E-state index in [2.05, 4.69) is 25.6 Å². The molecule has 0 bridgehead atoms. The molecule has 0 spiro atoms. The number of aromatic hydroxyl groups is 1. The molecule has 0 saturated heterocycles. The molecule has 1 aromatic heterocycles. The lowest BCUT2D eigenvalue weighted by molar-refractivity contribution is 0.144. The van der Waals surface area contributed by atoms with Crippen LogP contribution in [-0.2, 0) is 4.74 Å². The zero-order valence-corrected chi connectivity index (χ0v) is 16.8. The quantitative estimate of drug-likeness (QED) is 0.452. The van der Waals surface area contributed by atoms with E-state index in [4.69, 9.17) is 14.2 Å². The van der Waals surface area contributed by atoms with Crippen LogP contribution in [0.4, 0.5) is 27.7 Å². The summed E-state index contributed by atoms with van der Waals surface area (Å²) in [6.07, 6.45) is 1.28. The number of hydrogen-bond donors (Lipinski definition) is 3. The Labute approximate surface area is 172 Å². The van der Waals surface area contributed by atoms with Crippen LogP contribution in [0.15, 0.2) is 36.7 Å². The molecule has 158 valence electrons. The molecule has 0 unspecified atom stereocenters. The first-order valence-electron chi connectivity index (χ1n) is 9.02. The van der Waals surface area contributed by atoms with Crippen molar-refractivity contribution >= 4 is 23.3 Å². The number of aryl methyl sites for hydroxylation is 1. The minimum Gasteiger partial charge on any atom is -0.505 e. The number of halogens is 1. The van der Waals surface area contributed by atoms with Crippen LogP contribution in [0.3, 0.4) is 0 Å². The number of phenols is 1. The van der Waals surface area contributed by atoms with E-state index in [-0.39, 0.29) is 17.6 Å². The summed E-state index contributed by atoms with van der Waals surface area (Å²) in [5.74, 6) is 0.245. The molecule has 3 rings (SSSR count). The van der Waals surface area contributed by atoms with Gasteiger partial charge in [0, 0.05) is 18.9 Å². The average Bonchev–Trinajstić information content (AvgIpc) is 2.75. The highest BCUT2D eigenvalue weighted by Crippen LogP contribution is 2.31. The molecule has 0 radical (unpaired) electrons. The lowest BCUT2D eigenvalue weighted by atomic mass is 10.2. The Morgan fingerprint density at radius 2 is 1.77 bits per heavy atom. The smallest absolute Gasteiger partial charge is 0.232 e. The predicted molar refractivity (Wildman–Crippen MR) is 110 cm³/mol. The standard InChI is InChI=1S/C20H22FN5O4/c1-12-4-6-14(17(21)18(12)27)25-20-23-11-22-19(26-20)24-13-5-7-15(29-3)16(10-13)30-9-8-28-2/h4-7,10-11,27H,8-9H2,1-3H3,(H2,22,23,24,25,26). The largest absolute Gasteiger partial charge is 0.505 e. The van der Waals surface area contributed by atoms with Crippen LogP contribution in [-0.4, -0.2) is 47.5 Å². The number of hydrogen-bond acceptors (Lipinski definition) is 9. The summed E-state index contributed by atoms with van der Waals surface area (Å²) in [7, 11) is 3.15. The predicted octanol–water partition coefficient (Wildman–Crippen LogP) is 3.55. The molecule has 30 heavy (non-hydrogen) atoms. The van der Waals surface area contributed by atoms with Gasteiger partial charge < -0.3 is 30.0 Å². The van der Waals surface area contributed by atoms with E-state index in [0.717, 1.165) is 0 Å². The van der Waals surface area contributed by atoms with E-state index < -0.39 is 11.6 Å². The second-order valence-corrected chi connectivity index (χ2v) is 6.18. The Bertz CT molecular complexity index is 1020. The van der Waals surface area contributed by atoms with Gasteiger partial charge in [0.15, 0.2) is 23.1 Å². The van der Waals surface area contributed by atoms with Crippen molar-refractivity contribution in [2.24, 2.45) is 0 Å². The van der Waals surface area contributed by atoms with Crippen molar-refractivity contribution in [3.05, 3.63) is 48.0 Å². The topological polar surface area (TPSA) is 111 Å². The van der Waals surface area contributed by atoms with E-state index in [1.807, 2.05) is 0 Å². The molecule has 3 aromatic rings. The molecule has 0 fully saturated rings. The van der Waals surface area contributed by atoms with Crippen LogP contribution in [0.1, 0.15) is 5.56 Å². The number of ether oxygens (including phenoxy) is 3. The molecular formula is C20H22FN5O4. The fourth-order valence-electron chi connectivity index (χ4n) is 2.53. The highest BCUT2D eigenvalue weighted by Gasteiger charge is 2.12. The molecular weight excluding hydrogens is 393 g/mol. The maximum atomic E-state index is 14.2. The van der Waals surface area contributed by atoms with Gasteiger partial charge in [-0.3, -0.25) is 0 Å². The summed E-state index contributed by atoms with van der Waals surface area (Å²) in [4.78, 5) is 12.3. The van der Waals surface area contributed by atoms with Gasteiger partial charge in [-0.2, -0.15) is 4.98 Å². The third-order valence-electron chi connectivity index (χ3n) is 4.10. The highest BCUT2D eigenvalue weighted by molar-refractivity contribution is 5.62. The summed E-state index contributed by atoms with van der Waals surface area (Å²) in [5.41, 5.74) is 1.13. The molecule has 0 saturated carbocycles. The van der Waals surface area contributed by atoms with E-state index in [9.17, 15) is 9.50 Å². The van der Waals surface area contributed by atoms with Crippen LogP contribution in [0.5, 0.6) is 17.2 Å². The number of nitrogens with zero attached hydrogens (tertiary/aromatic N) is 3. The van der Waals surface area contributed by atoms with Gasteiger partial charge in [-0.1, -0.05) is 6.07 Å². The fourth-order valence-corrected chi connectivity index (χ4v) is 2.53. The first-order chi connectivity index (χ1) is 14.5. The lowest BCUT2D eigenvalue weighted by Gasteiger charge is -2.13. The fraction of sp³-hybridized carbons (Fsp3) is 0.250. The van der Waals surface area contributed by atoms with Gasteiger partial charge in [0.05, 0.1) is 19.4 Å². The average molecular weight is 415 g/mol. The van der Waals surface area contributed by atoms with Gasteiger partial charge in [-0.05, 0) is 30.7 Å².